The molecule has 0 bridgehead atoms. The monoisotopic (exact) mass is 179 g/mol. The number of allylic oxidation sites excluding steroid dienone is 3. The van der Waals surface area contributed by atoms with E-state index in [0.29, 0.717) is 6.54 Å². The zero-order valence-corrected chi connectivity index (χ0v) is 8.34. The van der Waals surface area contributed by atoms with Crippen LogP contribution in [0.4, 0.5) is 0 Å². The Balaban J connectivity index is 2.22. The van der Waals surface area contributed by atoms with Gasteiger partial charge in [0.15, 0.2) is 0 Å². The van der Waals surface area contributed by atoms with Gasteiger partial charge in [0.1, 0.15) is 0 Å². The highest BCUT2D eigenvalue weighted by Gasteiger charge is 2.17. The molecule has 0 radical (unpaired) electrons. The Hall–Kier alpha value is -1.05. The quantitative estimate of drug-likeness (QED) is 0.660. The van der Waals surface area contributed by atoms with Crippen molar-refractivity contribution in [3.8, 4) is 0 Å². The van der Waals surface area contributed by atoms with Crippen LogP contribution in [-0.4, -0.2) is 12.5 Å². The zero-order valence-electron chi connectivity index (χ0n) is 8.34. The fourth-order valence-electron chi connectivity index (χ4n) is 1.33. The molecular weight excluding hydrogens is 162 g/mol. The minimum atomic E-state index is 0.183. The largest absolute Gasteiger partial charge is 0.352 e. The van der Waals surface area contributed by atoms with Crippen molar-refractivity contribution in [2.24, 2.45) is 5.92 Å². The van der Waals surface area contributed by atoms with E-state index < -0.39 is 0 Å². The van der Waals surface area contributed by atoms with E-state index in [2.05, 4.69) is 17.5 Å². The topological polar surface area (TPSA) is 29.1 Å². The zero-order chi connectivity index (χ0) is 9.68. The molecule has 0 spiro atoms. The smallest absolute Gasteiger partial charge is 0.223 e. The van der Waals surface area contributed by atoms with E-state index >= 15 is 0 Å². The summed E-state index contributed by atoms with van der Waals surface area (Å²) in [5.41, 5.74) is 1.24. The molecular formula is C11H17NO. The van der Waals surface area contributed by atoms with E-state index in [1.807, 2.05) is 19.9 Å². The van der Waals surface area contributed by atoms with E-state index in [0.717, 1.165) is 12.8 Å². The van der Waals surface area contributed by atoms with Crippen molar-refractivity contribution < 1.29 is 4.79 Å². The van der Waals surface area contributed by atoms with Gasteiger partial charge < -0.3 is 5.32 Å². The molecule has 0 unspecified atom stereocenters. The normalized spacial score (nSPS) is 15.8. The highest BCUT2D eigenvalue weighted by molar-refractivity contribution is 5.79. The Morgan fingerprint density at radius 3 is 2.62 bits per heavy atom. The number of hydrogen-bond acceptors (Lipinski definition) is 1. The summed E-state index contributed by atoms with van der Waals surface area (Å²) in [5, 5.41) is 2.90. The molecule has 72 valence electrons. The summed E-state index contributed by atoms with van der Waals surface area (Å²) in [7, 11) is 0. The lowest BCUT2D eigenvalue weighted by Crippen LogP contribution is -2.29. The summed E-state index contributed by atoms with van der Waals surface area (Å²) < 4.78 is 0. The lowest BCUT2D eigenvalue weighted by Gasteiger charge is -2.08. The molecule has 0 aromatic heterocycles. The lowest BCUT2D eigenvalue weighted by atomic mass is 10.1. The third kappa shape index (κ3) is 3.45. The average molecular weight is 179 g/mol. The SMILES string of the molecule is CC(C)=CCNC(=O)C1CC=CC1. The van der Waals surface area contributed by atoms with E-state index in [1.54, 1.807) is 0 Å². The number of nitrogens with one attached hydrogen (secondary N) is 1. The number of rotatable bonds is 3. The number of hydrogen-bond donors (Lipinski definition) is 1. The second kappa shape index (κ2) is 4.85. The molecule has 1 N–H and O–H groups in total. The molecule has 1 rings (SSSR count). The van der Waals surface area contributed by atoms with Gasteiger partial charge in [-0.1, -0.05) is 23.8 Å². The van der Waals surface area contributed by atoms with Gasteiger partial charge in [0.25, 0.3) is 0 Å². The number of carbonyl (C=O) groups excluding carboxylic acids is 1. The standard InChI is InChI=1S/C11H17NO/c1-9(2)7-8-12-11(13)10-5-3-4-6-10/h3-4,7,10H,5-6,8H2,1-2H3,(H,12,13). The first-order chi connectivity index (χ1) is 6.20. The Morgan fingerprint density at radius 2 is 2.08 bits per heavy atom. The maximum Gasteiger partial charge on any atom is 0.223 e. The summed E-state index contributed by atoms with van der Waals surface area (Å²) in [6.07, 6.45) is 7.98. The van der Waals surface area contributed by atoms with Crippen molar-refractivity contribution in [2.45, 2.75) is 26.7 Å². The third-order valence-electron chi connectivity index (χ3n) is 2.17. The van der Waals surface area contributed by atoms with Crippen LogP contribution in [0.25, 0.3) is 0 Å². The maximum absolute atomic E-state index is 11.4. The van der Waals surface area contributed by atoms with Crippen LogP contribution in [0.2, 0.25) is 0 Å². The summed E-state index contributed by atoms with van der Waals surface area (Å²) in [6.45, 7) is 4.73. The molecule has 2 heteroatoms. The van der Waals surface area contributed by atoms with Crippen LogP contribution in [0.15, 0.2) is 23.8 Å². The van der Waals surface area contributed by atoms with Crippen LogP contribution in [0.5, 0.6) is 0 Å². The minimum absolute atomic E-state index is 0.183. The van der Waals surface area contributed by atoms with Gasteiger partial charge >= 0.3 is 0 Å². The van der Waals surface area contributed by atoms with E-state index in [9.17, 15) is 4.79 Å². The van der Waals surface area contributed by atoms with Crippen LogP contribution < -0.4 is 5.32 Å². The molecule has 0 aromatic carbocycles. The predicted molar refractivity (Wildman–Crippen MR) is 54.3 cm³/mol. The molecule has 1 aliphatic carbocycles. The Bertz CT molecular complexity index is 228. The molecule has 2 nitrogen and oxygen atoms in total. The lowest BCUT2D eigenvalue weighted by molar-refractivity contribution is -0.124. The van der Waals surface area contributed by atoms with Crippen molar-refractivity contribution in [2.75, 3.05) is 6.54 Å². The third-order valence-corrected chi connectivity index (χ3v) is 2.17. The average Bonchev–Trinajstić information content (AvgIpc) is 2.55. The van der Waals surface area contributed by atoms with Crippen LogP contribution in [-0.2, 0) is 4.79 Å². The van der Waals surface area contributed by atoms with E-state index in [-0.39, 0.29) is 11.8 Å². The van der Waals surface area contributed by atoms with Crippen molar-refractivity contribution in [1.29, 1.82) is 0 Å². The van der Waals surface area contributed by atoms with Gasteiger partial charge in [0, 0.05) is 12.5 Å². The molecule has 0 atom stereocenters. The summed E-state index contributed by atoms with van der Waals surface area (Å²) in [6, 6.07) is 0. The first-order valence-corrected chi connectivity index (χ1v) is 4.76. The van der Waals surface area contributed by atoms with Gasteiger partial charge in [-0.2, -0.15) is 0 Å². The second-order valence-electron chi connectivity index (χ2n) is 3.67. The Kier molecular flexibility index (Phi) is 3.74. The molecule has 1 aliphatic rings. The van der Waals surface area contributed by atoms with Gasteiger partial charge in [-0.25, -0.2) is 0 Å². The van der Waals surface area contributed by atoms with Crippen LogP contribution in [0.3, 0.4) is 0 Å². The summed E-state index contributed by atoms with van der Waals surface area (Å²) >= 11 is 0. The number of amides is 1. The van der Waals surface area contributed by atoms with Crippen molar-refractivity contribution in [3.05, 3.63) is 23.8 Å². The fraction of sp³-hybridized carbons (Fsp3) is 0.545. The van der Waals surface area contributed by atoms with E-state index in [1.165, 1.54) is 5.57 Å². The number of carbonyl (C=O) groups is 1. The fourth-order valence-corrected chi connectivity index (χ4v) is 1.33. The molecule has 0 fully saturated rings. The van der Waals surface area contributed by atoms with Gasteiger partial charge in [0.2, 0.25) is 5.91 Å². The maximum atomic E-state index is 11.4. The van der Waals surface area contributed by atoms with Crippen molar-refractivity contribution in [1.82, 2.24) is 5.32 Å². The molecule has 0 saturated heterocycles. The first-order valence-electron chi connectivity index (χ1n) is 4.76. The molecule has 0 heterocycles. The molecule has 0 saturated carbocycles. The first kappa shape index (κ1) is 10.0. The molecule has 0 aromatic rings. The van der Waals surface area contributed by atoms with Crippen molar-refractivity contribution >= 4 is 5.91 Å². The Labute approximate surface area is 79.7 Å². The summed E-state index contributed by atoms with van der Waals surface area (Å²) in [5.74, 6) is 0.369. The molecule has 1 amide bonds. The molecule has 13 heavy (non-hydrogen) atoms. The molecule has 0 aliphatic heterocycles. The van der Waals surface area contributed by atoms with Crippen LogP contribution in [0, 0.1) is 5.92 Å². The van der Waals surface area contributed by atoms with Gasteiger partial charge in [-0.15, -0.1) is 0 Å². The van der Waals surface area contributed by atoms with Crippen molar-refractivity contribution in [3.63, 3.8) is 0 Å². The van der Waals surface area contributed by atoms with Crippen LogP contribution >= 0.6 is 0 Å². The van der Waals surface area contributed by atoms with Crippen LogP contribution in [0.1, 0.15) is 26.7 Å². The Morgan fingerprint density at radius 1 is 1.46 bits per heavy atom. The summed E-state index contributed by atoms with van der Waals surface area (Å²) in [4.78, 5) is 11.4. The highest BCUT2D eigenvalue weighted by atomic mass is 16.1. The van der Waals surface area contributed by atoms with Gasteiger partial charge in [-0.05, 0) is 26.7 Å². The highest BCUT2D eigenvalue weighted by Crippen LogP contribution is 2.17. The predicted octanol–water partition coefficient (Wildman–Crippen LogP) is 2.04. The van der Waals surface area contributed by atoms with Gasteiger partial charge in [-0.3, -0.25) is 4.79 Å². The minimum Gasteiger partial charge on any atom is -0.352 e. The van der Waals surface area contributed by atoms with E-state index in [4.69, 9.17) is 0 Å². The second-order valence-corrected chi connectivity index (χ2v) is 3.67. The van der Waals surface area contributed by atoms with Gasteiger partial charge in [0.05, 0.1) is 0 Å².